The second-order valence-electron chi connectivity index (χ2n) is 13.2. The number of nitrogens with one attached hydrogen (secondary N) is 2. The van der Waals surface area contributed by atoms with Crippen molar-refractivity contribution in [2.45, 2.75) is 14.7 Å². The molecule has 0 saturated heterocycles. The van der Waals surface area contributed by atoms with Crippen LogP contribution in [0.4, 0.5) is 63.1 Å². The Morgan fingerprint density at radius 2 is 1.23 bits per heavy atom. The van der Waals surface area contributed by atoms with Gasteiger partial charge in [0.25, 0.3) is 20.2 Å². The molecule has 1 aromatic heterocycles. The molecular weight excluding hydrogens is 908 g/mol. The van der Waals surface area contributed by atoms with Crippen molar-refractivity contribution in [3.63, 3.8) is 0 Å². The summed E-state index contributed by atoms with van der Waals surface area (Å²) in [5.74, 6) is -0.874. The lowest BCUT2D eigenvalue weighted by molar-refractivity contribution is 0.284. The molecule has 1 heterocycles. The average molecular weight is 942 g/mol. The number of hydrogen-bond acceptors (Lipinski definition) is 20. The molecule has 324 valence electrons. The Labute approximate surface area is 353 Å². The maximum atomic E-state index is 12.5. The molecule has 4 aromatic carbocycles. The van der Waals surface area contributed by atoms with Gasteiger partial charge < -0.3 is 22.1 Å². The van der Waals surface area contributed by atoms with Crippen LogP contribution in [0.2, 0.25) is 5.28 Å². The SMILES string of the molecule is C[N+](C)(C)c1ccc(Nc2nc(Cl)nc(Nc3ccc(S(=O)(=O)O)c(N=Nc4cc(S(=O)(=O)O)c(N)c(N=Nc5ccc(S(=O)(=O)CCOS(=O)(=O)O)cc5)c4N)c3)n2)cc1. The van der Waals surface area contributed by atoms with Gasteiger partial charge in [-0.1, -0.05) is 0 Å². The largest absolute Gasteiger partial charge is 0.397 e. The van der Waals surface area contributed by atoms with E-state index in [1.54, 1.807) is 0 Å². The van der Waals surface area contributed by atoms with Crippen LogP contribution >= 0.6 is 11.6 Å². The first-order valence-electron chi connectivity index (χ1n) is 16.7. The van der Waals surface area contributed by atoms with Crippen molar-refractivity contribution in [2.75, 3.05) is 55.6 Å². The second-order valence-corrected chi connectivity index (χ2v) is 19.5. The van der Waals surface area contributed by atoms with Crippen molar-refractivity contribution in [1.29, 1.82) is 0 Å². The van der Waals surface area contributed by atoms with Crippen LogP contribution in [0.1, 0.15) is 0 Å². The van der Waals surface area contributed by atoms with Gasteiger partial charge in [-0.25, -0.2) is 12.6 Å². The van der Waals surface area contributed by atoms with E-state index in [4.69, 9.17) is 27.6 Å². The Balaban J connectivity index is 1.46. The first-order chi connectivity index (χ1) is 28.2. The third-order valence-electron chi connectivity index (χ3n) is 7.91. The minimum atomic E-state index is -5.10. The number of nitrogens with zero attached hydrogens (tertiary/aromatic N) is 8. The summed E-state index contributed by atoms with van der Waals surface area (Å²) in [6, 6.07) is 15.9. The van der Waals surface area contributed by atoms with Gasteiger partial charge in [-0.2, -0.15) is 45.3 Å². The van der Waals surface area contributed by atoms with Gasteiger partial charge in [-0.05, 0) is 72.3 Å². The first-order valence-corrected chi connectivity index (χ1v) is 22.9. The lowest BCUT2D eigenvalue weighted by Gasteiger charge is -2.23. The van der Waals surface area contributed by atoms with Crippen molar-refractivity contribution in [3.05, 3.63) is 78.1 Å². The fraction of sp³-hybridized carbons (Fsp3) is 0.156. The van der Waals surface area contributed by atoms with Crippen LogP contribution in [-0.4, -0.2) is 95.8 Å². The summed E-state index contributed by atoms with van der Waals surface area (Å²) >= 11 is 6.16. The van der Waals surface area contributed by atoms with Crippen LogP contribution in [-0.2, 0) is 44.7 Å². The summed E-state index contributed by atoms with van der Waals surface area (Å²) in [7, 11) is -13.0. The number of rotatable bonds is 16. The smallest absolute Gasteiger partial charge is 0.396 e. The Morgan fingerprint density at radius 3 is 1.79 bits per heavy atom. The number of sulfone groups is 1. The van der Waals surface area contributed by atoms with Gasteiger partial charge in [0.2, 0.25) is 17.2 Å². The Hall–Kier alpha value is -5.82. The molecular formula is C32H34ClN12O12S4+. The van der Waals surface area contributed by atoms with Crippen LogP contribution in [0.5, 0.6) is 0 Å². The van der Waals surface area contributed by atoms with Crippen LogP contribution in [0.25, 0.3) is 0 Å². The van der Waals surface area contributed by atoms with Crippen molar-refractivity contribution in [1.82, 2.24) is 19.4 Å². The molecule has 24 nitrogen and oxygen atoms in total. The Morgan fingerprint density at radius 1 is 0.672 bits per heavy atom. The highest BCUT2D eigenvalue weighted by Gasteiger charge is 2.24. The molecule has 0 atom stereocenters. The average Bonchev–Trinajstić information content (AvgIpc) is 3.12. The van der Waals surface area contributed by atoms with E-state index in [1.807, 2.05) is 45.4 Å². The molecule has 0 aliphatic rings. The third-order valence-corrected chi connectivity index (χ3v) is 12.0. The molecule has 5 aromatic rings. The number of aromatic nitrogens is 3. The fourth-order valence-electron chi connectivity index (χ4n) is 4.97. The summed E-state index contributed by atoms with van der Waals surface area (Å²) in [6.45, 7) is -0.868. The van der Waals surface area contributed by atoms with Gasteiger partial charge in [-0.3, -0.25) is 18.1 Å². The van der Waals surface area contributed by atoms with Gasteiger partial charge >= 0.3 is 10.4 Å². The summed E-state index contributed by atoms with van der Waals surface area (Å²) in [4.78, 5) is 10.4. The summed E-state index contributed by atoms with van der Waals surface area (Å²) in [6.07, 6.45) is 0. The molecule has 0 bridgehead atoms. The van der Waals surface area contributed by atoms with Crippen molar-refractivity contribution >= 4 is 115 Å². The first kappa shape index (κ1) is 46.2. The molecule has 0 unspecified atom stereocenters. The normalized spacial score (nSPS) is 12.9. The highest BCUT2D eigenvalue weighted by Crippen LogP contribution is 2.43. The lowest BCUT2D eigenvalue weighted by atomic mass is 10.2. The zero-order valence-electron chi connectivity index (χ0n) is 31.6. The monoisotopic (exact) mass is 941 g/mol. The number of anilines is 6. The molecule has 29 heteroatoms. The van der Waals surface area contributed by atoms with Crippen molar-refractivity contribution in [2.24, 2.45) is 20.5 Å². The van der Waals surface area contributed by atoms with E-state index < -0.39 is 91.1 Å². The van der Waals surface area contributed by atoms with E-state index in [1.165, 1.54) is 6.07 Å². The molecule has 0 radical (unpaired) electrons. The Bertz CT molecular complexity index is 3010. The van der Waals surface area contributed by atoms with Gasteiger partial charge in [0, 0.05) is 23.5 Å². The van der Waals surface area contributed by atoms with Gasteiger partial charge in [-0.15, -0.1) is 15.3 Å². The van der Waals surface area contributed by atoms with Crippen LogP contribution in [0.15, 0.2) is 108 Å². The molecule has 0 fully saturated rings. The van der Waals surface area contributed by atoms with Crippen LogP contribution in [0, 0.1) is 0 Å². The quantitative estimate of drug-likeness (QED) is 0.0286. The molecule has 9 N–H and O–H groups in total. The number of nitrogen functional groups attached to an aromatic ring is 2. The predicted octanol–water partition coefficient (Wildman–Crippen LogP) is 5.29. The number of benzene rings is 4. The minimum Gasteiger partial charge on any atom is -0.396 e. The molecule has 0 spiro atoms. The number of halogens is 1. The minimum absolute atomic E-state index is 0.0361. The summed E-state index contributed by atoms with van der Waals surface area (Å²) in [5.41, 5.74) is 11.1. The highest BCUT2D eigenvalue weighted by atomic mass is 35.5. The number of hydrogen-bond donors (Lipinski definition) is 7. The molecule has 0 aliphatic carbocycles. The van der Waals surface area contributed by atoms with Crippen LogP contribution in [0.3, 0.4) is 0 Å². The van der Waals surface area contributed by atoms with E-state index in [-0.39, 0.29) is 33.5 Å². The van der Waals surface area contributed by atoms with E-state index in [0.717, 1.165) is 42.1 Å². The lowest BCUT2D eigenvalue weighted by Crippen LogP contribution is -2.34. The van der Waals surface area contributed by atoms with Crippen LogP contribution < -0.4 is 26.6 Å². The van der Waals surface area contributed by atoms with E-state index in [0.29, 0.717) is 16.2 Å². The molecule has 0 amide bonds. The Kier molecular flexibility index (Phi) is 13.4. The maximum absolute atomic E-state index is 12.5. The molecule has 5 rings (SSSR count). The van der Waals surface area contributed by atoms with Gasteiger partial charge in [0.1, 0.15) is 32.5 Å². The van der Waals surface area contributed by atoms with Gasteiger partial charge in [0.05, 0.1) is 55.5 Å². The topological polar surface area (TPSA) is 371 Å². The molecule has 61 heavy (non-hydrogen) atoms. The molecule has 0 aliphatic heterocycles. The number of quaternary nitrogens is 1. The van der Waals surface area contributed by atoms with E-state index >= 15 is 0 Å². The van der Waals surface area contributed by atoms with Crippen molar-refractivity contribution < 1.29 is 51.5 Å². The predicted molar refractivity (Wildman–Crippen MR) is 223 cm³/mol. The standard InChI is InChI=1S/C32H33ClN12O12S4/c1-45(2,3)21-9-4-18(5-10-21)36-31-38-30(33)39-32(40-31)37-20-8-13-25(59(48,49)50)23(16-20)42-43-24-17-26(60(51,52)53)28(35)29(27(24)34)44-41-19-6-11-22(12-7-19)58(46,47)15-14-57-61(54,55)56/h4-13,16-17H,14-15,34-35H2,1-3H3,(H4-,36,37,38,39,40,48,49,50,51,52,53,54,55,56)/p+1. The van der Waals surface area contributed by atoms with E-state index in [2.05, 4.69) is 50.2 Å². The second kappa shape index (κ2) is 17.6. The number of nitrogens with two attached hydrogens (primary N) is 2. The summed E-state index contributed by atoms with van der Waals surface area (Å²) < 4.78 is 129. The van der Waals surface area contributed by atoms with Crippen molar-refractivity contribution in [3.8, 4) is 0 Å². The number of azo groups is 2. The molecule has 0 saturated carbocycles. The third kappa shape index (κ3) is 12.4. The zero-order chi connectivity index (χ0) is 45.1. The van der Waals surface area contributed by atoms with Gasteiger partial charge in [0.15, 0.2) is 9.84 Å². The van der Waals surface area contributed by atoms with E-state index in [9.17, 15) is 42.8 Å². The summed E-state index contributed by atoms with van der Waals surface area (Å²) in [5, 5.41) is 21.1. The maximum Gasteiger partial charge on any atom is 0.397 e. The fourth-order valence-corrected chi connectivity index (χ4v) is 7.86. The highest BCUT2D eigenvalue weighted by molar-refractivity contribution is 7.91. The zero-order valence-corrected chi connectivity index (χ0v) is 35.6.